The lowest BCUT2D eigenvalue weighted by Crippen LogP contribution is -2.49. The Hall–Kier alpha value is -3.25. The smallest absolute Gasteiger partial charge is 0.348 e. The summed E-state index contributed by atoms with van der Waals surface area (Å²) in [5.74, 6) is -0.766. The number of ether oxygens (including phenoxy) is 1. The van der Waals surface area contributed by atoms with Gasteiger partial charge in [-0.25, -0.2) is 9.78 Å². The van der Waals surface area contributed by atoms with E-state index in [1.54, 1.807) is 23.1 Å². The first kappa shape index (κ1) is 22.0. The fourth-order valence-electron chi connectivity index (χ4n) is 3.30. The van der Waals surface area contributed by atoms with Crippen molar-refractivity contribution in [3.05, 3.63) is 45.3 Å². The molecule has 0 N–H and O–H groups in total. The van der Waals surface area contributed by atoms with Gasteiger partial charge in [0.2, 0.25) is 0 Å². The van der Waals surface area contributed by atoms with E-state index < -0.39 is 10.9 Å². The molecule has 0 atom stereocenters. The molecule has 1 aromatic carbocycles. The second kappa shape index (κ2) is 9.09. The fourth-order valence-corrected chi connectivity index (χ4v) is 5.33. The molecule has 0 radical (unpaired) electrons. The standard InChI is InChI=1S/C20H21N5O5S2/c1-22(2)20-21-18-15(32-20)11-16(31-18)19(27)30-12-17(26)24-9-7-23(8-10-24)13-3-5-14(6-4-13)25(28)29/h3-6,11H,7-10,12H2,1-2H3. The summed E-state index contributed by atoms with van der Waals surface area (Å²) in [5, 5.41) is 11.7. The van der Waals surface area contributed by atoms with Crippen molar-refractivity contribution in [2.75, 3.05) is 56.7 Å². The molecule has 0 unspecified atom stereocenters. The number of nitro benzene ring substituents is 1. The Morgan fingerprint density at radius 1 is 1.16 bits per heavy atom. The lowest BCUT2D eigenvalue weighted by molar-refractivity contribution is -0.384. The fraction of sp³-hybridized carbons (Fsp3) is 0.350. The van der Waals surface area contributed by atoms with E-state index in [0.29, 0.717) is 31.1 Å². The molecule has 10 nitrogen and oxygen atoms in total. The summed E-state index contributed by atoms with van der Waals surface area (Å²) < 4.78 is 6.15. The SMILES string of the molecule is CN(C)c1nc2sc(C(=O)OCC(=O)N3CCN(c4ccc([N+](=O)[O-])cc4)CC3)cc2s1. The highest BCUT2D eigenvalue weighted by molar-refractivity contribution is 7.29. The molecule has 3 aromatic rings. The van der Waals surface area contributed by atoms with Gasteiger partial charge in [-0.1, -0.05) is 11.3 Å². The van der Waals surface area contributed by atoms with Crippen LogP contribution in [0.15, 0.2) is 30.3 Å². The third kappa shape index (κ3) is 4.65. The van der Waals surface area contributed by atoms with Crippen molar-refractivity contribution < 1.29 is 19.2 Å². The van der Waals surface area contributed by atoms with Crippen LogP contribution < -0.4 is 9.80 Å². The lowest BCUT2D eigenvalue weighted by atomic mass is 10.2. The van der Waals surface area contributed by atoms with Gasteiger partial charge >= 0.3 is 5.97 Å². The zero-order chi connectivity index (χ0) is 22.8. The maximum atomic E-state index is 12.5. The molecule has 1 saturated heterocycles. The van der Waals surface area contributed by atoms with Crippen LogP contribution in [0.3, 0.4) is 0 Å². The number of rotatable bonds is 6. The molecule has 1 aliphatic heterocycles. The van der Waals surface area contributed by atoms with Crippen LogP contribution >= 0.6 is 22.7 Å². The molecule has 0 bridgehead atoms. The van der Waals surface area contributed by atoms with Crippen LogP contribution in [0.1, 0.15) is 9.67 Å². The van der Waals surface area contributed by atoms with Gasteiger partial charge in [0.15, 0.2) is 11.7 Å². The normalized spacial score (nSPS) is 13.9. The number of carbonyl (C=O) groups excluding carboxylic acids is 2. The highest BCUT2D eigenvalue weighted by atomic mass is 32.1. The van der Waals surface area contributed by atoms with Crippen molar-refractivity contribution in [3.63, 3.8) is 0 Å². The number of piperazine rings is 1. The van der Waals surface area contributed by atoms with Crippen molar-refractivity contribution in [3.8, 4) is 0 Å². The van der Waals surface area contributed by atoms with Crippen molar-refractivity contribution in [1.82, 2.24) is 9.88 Å². The van der Waals surface area contributed by atoms with Gasteiger partial charge in [-0.2, -0.15) is 0 Å². The van der Waals surface area contributed by atoms with Crippen LogP contribution in [-0.2, 0) is 9.53 Å². The molecule has 32 heavy (non-hydrogen) atoms. The third-order valence-electron chi connectivity index (χ3n) is 5.05. The van der Waals surface area contributed by atoms with Crippen molar-refractivity contribution in [1.29, 1.82) is 0 Å². The summed E-state index contributed by atoms with van der Waals surface area (Å²) in [5.41, 5.74) is 0.918. The Morgan fingerprint density at radius 3 is 2.44 bits per heavy atom. The van der Waals surface area contributed by atoms with Crippen LogP contribution in [-0.4, -0.2) is 73.6 Å². The van der Waals surface area contributed by atoms with E-state index in [1.165, 1.54) is 34.8 Å². The van der Waals surface area contributed by atoms with Gasteiger partial charge in [0.25, 0.3) is 11.6 Å². The number of anilines is 2. The number of carbonyl (C=O) groups is 2. The molecule has 3 heterocycles. The quantitative estimate of drug-likeness (QED) is 0.304. The van der Waals surface area contributed by atoms with E-state index in [1.807, 2.05) is 19.0 Å². The molecule has 168 valence electrons. The summed E-state index contributed by atoms with van der Waals surface area (Å²) in [4.78, 5) is 46.5. The number of nitrogens with zero attached hydrogens (tertiary/aromatic N) is 5. The number of thiophene rings is 1. The number of hydrogen-bond donors (Lipinski definition) is 0. The molecule has 4 rings (SSSR count). The minimum absolute atomic E-state index is 0.0453. The van der Waals surface area contributed by atoms with E-state index in [9.17, 15) is 19.7 Å². The monoisotopic (exact) mass is 475 g/mol. The first-order valence-corrected chi connectivity index (χ1v) is 11.5. The summed E-state index contributed by atoms with van der Waals surface area (Å²) in [6.45, 7) is 1.86. The second-order valence-corrected chi connectivity index (χ2v) is 9.43. The van der Waals surface area contributed by atoms with E-state index in [-0.39, 0.29) is 18.2 Å². The number of nitro groups is 1. The number of thiazole rings is 1. The van der Waals surface area contributed by atoms with Gasteiger partial charge in [-0.3, -0.25) is 14.9 Å². The maximum Gasteiger partial charge on any atom is 0.348 e. The predicted octanol–water partition coefficient (Wildman–Crippen LogP) is 2.84. The number of amides is 1. The topological polar surface area (TPSA) is 109 Å². The first-order chi connectivity index (χ1) is 15.3. The van der Waals surface area contributed by atoms with E-state index in [2.05, 4.69) is 9.88 Å². The molecule has 0 aliphatic carbocycles. The number of non-ortho nitro benzene ring substituents is 1. The summed E-state index contributed by atoms with van der Waals surface area (Å²) >= 11 is 2.75. The largest absolute Gasteiger partial charge is 0.451 e. The Labute approximate surface area is 191 Å². The average Bonchev–Trinajstić information content (AvgIpc) is 3.37. The highest BCUT2D eigenvalue weighted by Crippen LogP contribution is 2.34. The first-order valence-electron chi connectivity index (χ1n) is 9.84. The number of esters is 1. The average molecular weight is 476 g/mol. The molecular weight excluding hydrogens is 454 g/mol. The van der Waals surface area contributed by atoms with Gasteiger partial charge in [-0.15, -0.1) is 11.3 Å². The van der Waals surface area contributed by atoms with Gasteiger partial charge < -0.3 is 19.4 Å². The van der Waals surface area contributed by atoms with Crippen molar-refractivity contribution >= 4 is 60.6 Å². The van der Waals surface area contributed by atoms with Crippen LogP contribution in [0.4, 0.5) is 16.5 Å². The molecule has 0 spiro atoms. The zero-order valence-corrected chi connectivity index (χ0v) is 19.1. The molecule has 2 aromatic heterocycles. The second-order valence-electron chi connectivity index (χ2n) is 7.39. The number of fused-ring (bicyclic) bond motifs is 1. The van der Waals surface area contributed by atoms with Gasteiger partial charge in [0.05, 0.1) is 9.62 Å². The predicted molar refractivity (Wildman–Crippen MR) is 124 cm³/mol. The molecular formula is C20H21N5O5S2. The number of hydrogen-bond acceptors (Lipinski definition) is 10. The molecule has 1 amide bonds. The summed E-state index contributed by atoms with van der Waals surface area (Å²) in [6, 6.07) is 8.11. The summed E-state index contributed by atoms with van der Waals surface area (Å²) in [7, 11) is 3.82. The number of benzene rings is 1. The van der Waals surface area contributed by atoms with Crippen LogP contribution in [0, 0.1) is 10.1 Å². The van der Waals surface area contributed by atoms with Crippen molar-refractivity contribution in [2.24, 2.45) is 0 Å². The van der Waals surface area contributed by atoms with E-state index in [0.717, 1.165) is 20.3 Å². The Bertz CT molecular complexity index is 1120. The minimum Gasteiger partial charge on any atom is -0.451 e. The Morgan fingerprint density at radius 2 is 1.84 bits per heavy atom. The lowest BCUT2D eigenvalue weighted by Gasteiger charge is -2.36. The Balaban J connectivity index is 1.27. The maximum absolute atomic E-state index is 12.5. The third-order valence-corrected chi connectivity index (χ3v) is 7.35. The Kier molecular flexibility index (Phi) is 6.24. The van der Waals surface area contributed by atoms with Crippen LogP contribution in [0.2, 0.25) is 0 Å². The van der Waals surface area contributed by atoms with Crippen LogP contribution in [0.25, 0.3) is 9.53 Å². The molecule has 1 aliphatic rings. The molecule has 0 saturated carbocycles. The van der Waals surface area contributed by atoms with Gasteiger partial charge in [0.1, 0.15) is 9.71 Å². The highest BCUT2D eigenvalue weighted by Gasteiger charge is 2.23. The van der Waals surface area contributed by atoms with Gasteiger partial charge in [0, 0.05) is 58.1 Å². The van der Waals surface area contributed by atoms with Crippen LogP contribution in [0.5, 0.6) is 0 Å². The molecule has 1 fully saturated rings. The zero-order valence-electron chi connectivity index (χ0n) is 17.5. The van der Waals surface area contributed by atoms with E-state index >= 15 is 0 Å². The summed E-state index contributed by atoms with van der Waals surface area (Å²) in [6.07, 6.45) is 0. The van der Waals surface area contributed by atoms with E-state index in [4.69, 9.17) is 4.74 Å². The number of aromatic nitrogens is 1. The molecule has 12 heteroatoms. The van der Waals surface area contributed by atoms with Crippen molar-refractivity contribution in [2.45, 2.75) is 0 Å². The van der Waals surface area contributed by atoms with Gasteiger partial charge in [-0.05, 0) is 18.2 Å². The minimum atomic E-state index is -0.524.